The Labute approximate surface area is 166 Å². The topological polar surface area (TPSA) is 86.4 Å². The fourth-order valence-corrected chi connectivity index (χ4v) is 3.13. The van der Waals surface area contributed by atoms with Crippen LogP contribution in [0.5, 0.6) is 0 Å². The number of hydroxylamine groups is 1. The van der Waals surface area contributed by atoms with Crippen LogP contribution < -0.4 is 5.48 Å². The lowest BCUT2D eigenvalue weighted by molar-refractivity contribution is -0.0374. The second-order valence-corrected chi connectivity index (χ2v) is 6.46. The summed E-state index contributed by atoms with van der Waals surface area (Å²) in [6, 6.07) is 2.99. The number of aromatic nitrogens is 4. The Hall–Kier alpha value is -2.66. The molecule has 8 nitrogen and oxygen atoms in total. The van der Waals surface area contributed by atoms with E-state index in [1.165, 1.54) is 30.0 Å². The molecule has 3 rings (SSSR count). The summed E-state index contributed by atoms with van der Waals surface area (Å²) >= 11 is 0. The predicted octanol–water partition coefficient (Wildman–Crippen LogP) is 2.33. The molecule has 1 atom stereocenters. The number of nitrogens with one attached hydrogen (secondary N) is 1. The molecule has 1 aromatic carbocycles. The maximum absolute atomic E-state index is 14.9. The highest BCUT2D eigenvalue weighted by molar-refractivity contribution is 5.71. The Morgan fingerprint density at radius 3 is 2.55 bits per heavy atom. The second-order valence-electron chi connectivity index (χ2n) is 6.46. The molecule has 156 valence electrons. The number of benzene rings is 1. The van der Waals surface area contributed by atoms with E-state index in [0.29, 0.717) is 30.1 Å². The number of aliphatic hydroxyl groups is 1. The lowest BCUT2D eigenvalue weighted by atomic mass is 10.0. The van der Waals surface area contributed by atoms with Crippen LogP contribution in [-0.2, 0) is 23.2 Å². The molecule has 0 fully saturated rings. The molecule has 2 N–H and O–H groups in total. The molecule has 2 heterocycles. The molecule has 0 radical (unpaired) electrons. The van der Waals surface area contributed by atoms with Crippen molar-refractivity contribution < 1.29 is 23.5 Å². The highest BCUT2D eigenvalue weighted by atomic mass is 19.2. The molecule has 0 aliphatic heterocycles. The Bertz CT molecular complexity index is 1000. The maximum Gasteiger partial charge on any atom is 0.185 e. The zero-order valence-corrected chi connectivity index (χ0v) is 16.6. The predicted molar refractivity (Wildman–Crippen MR) is 101 cm³/mol. The molecule has 0 bridgehead atoms. The van der Waals surface area contributed by atoms with E-state index in [4.69, 9.17) is 4.74 Å². The van der Waals surface area contributed by atoms with Gasteiger partial charge in [-0.1, -0.05) is 6.07 Å². The van der Waals surface area contributed by atoms with Crippen LogP contribution in [0.3, 0.4) is 0 Å². The summed E-state index contributed by atoms with van der Waals surface area (Å²) in [6.45, 7) is 2.71. The molecule has 0 spiro atoms. The molecule has 29 heavy (non-hydrogen) atoms. The molecule has 2 aromatic heterocycles. The molecule has 10 heteroatoms. The largest absolute Gasteiger partial charge is 0.383 e. The molecule has 0 aliphatic carbocycles. The van der Waals surface area contributed by atoms with Gasteiger partial charge in [0.25, 0.3) is 0 Å². The van der Waals surface area contributed by atoms with Gasteiger partial charge in [-0.25, -0.2) is 13.8 Å². The van der Waals surface area contributed by atoms with E-state index in [1.807, 2.05) is 0 Å². The van der Waals surface area contributed by atoms with Gasteiger partial charge in [0.2, 0.25) is 0 Å². The molecule has 0 amide bonds. The van der Waals surface area contributed by atoms with Crippen LogP contribution in [0.15, 0.2) is 24.5 Å². The van der Waals surface area contributed by atoms with E-state index in [2.05, 4.69) is 20.4 Å². The first-order valence-corrected chi connectivity index (χ1v) is 8.89. The number of aliphatic hydroxyl groups excluding tert-OH is 1. The number of nitrogens with zero attached hydrogens (tertiary/aromatic N) is 4. The van der Waals surface area contributed by atoms with Crippen LogP contribution in [0, 0.1) is 18.6 Å². The maximum atomic E-state index is 14.9. The first-order chi connectivity index (χ1) is 13.9. The number of hydrogen-bond acceptors (Lipinski definition) is 6. The zero-order valence-electron chi connectivity index (χ0n) is 16.6. The van der Waals surface area contributed by atoms with Crippen molar-refractivity contribution in [3.8, 4) is 22.4 Å². The van der Waals surface area contributed by atoms with Crippen molar-refractivity contribution in [3.63, 3.8) is 0 Å². The number of hydrogen-bond donors (Lipinski definition) is 2. The summed E-state index contributed by atoms with van der Waals surface area (Å²) in [7, 11) is 4.52. The van der Waals surface area contributed by atoms with Crippen LogP contribution in [0.4, 0.5) is 8.78 Å². The minimum Gasteiger partial charge on any atom is -0.383 e. The van der Waals surface area contributed by atoms with Gasteiger partial charge in [0.05, 0.1) is 37.8 Å². The first kappa shape index (κ1) is 21.1. The summed E-state index contributed by atoms with van der Waals surface area (Å²) in [4.78, 5) is 8.73. The van der Waals surface area contributed by atoms with Crippen molar-refractivity contribution in [2.45, 2.75) is 19.7 Å². The molecular weight excluding hydrogens is 384 g/mol. The Morgan fingerprint density at radius 2 is 1.86 bits per heavy atom. The summed E-state index contributed by atoms with van der Waals surface area (Å²) in [5.41, 5.74) is 3.89. The summed E-state index contributed by atoms with van der Waals surface area (Å²) in [6.07, 6.45) is 1.81. The van der Waals surface area contributed by atoms with Crippen LogP contribution in [0.25, 0.3) is 22.4 Å². The third-order valence-electron chi connectivity index (χ3n) is 4.62. The zero-order chi connectivity index (χ0) is 21.1. The Morgan fingerprint density at radius 1 is 1.17 bits per heavy atom. The molecule has 0 aliphatic rings. The fraction of sp³-hybridized carbons (Fsp3) is 0.368. The van der Waals surface area contributed by atoms with Gasteiger partial charge in [-0.05, 0) is 13.0 Å². The highest BCUT2D eigenvalue weighted by Gasteiger charge is 2.22. The number of aryl methyl sites for hydroxylation is 1. The molecule has 1 unspecified atom stereocenters. The summed E-state index contributed by atoms with van der Waals surface area (Å²) in [5.74, 6) is -1.79. The van der Waals surface area contributed by atoms with Crippen molar-refractivity contribution in [3.05, 3.63) is 47.7 Å². The van der Waals surface area contributed by atoms with Crippen LogP contribution in [0.1, 0.15) is 17.7 Å². The van der Waals surface area contributed by atoms with Gasteiger partial charge in [-0.3, -0.25) is 4.68 Å². The van der Waals surface area contributed by atoms with Crippen LogP contribution >= 0.6 is 0 Å². The standard InChI is InChI=1S/C19H23F2N5O3/c1-11-14(10-26(23-11)7-8-28-3)12-5-6-13(17(21)16(12)20)15-9-22-18(25(15)2)19(27)24-29-4/h5-6,9-10,19,24,27H,7-8H2,1-4H3. The lowest BCUT2D eigenvalue weighted by Crippen LogP contribution is -2.22. The normalized spacial score (nSPS) is 12.5. The fourth-order valence-electron chi connectivity index (χ4n) is 3.13. The summed E-state index contributed by atoms with van der Waals surface area (Å²) < 4.78 is 38.0. The molecular formula is C19H23F2N5O3. The number of ether oxygens (including phenoxy) is 1. The van der Waals surface area contributed by atoms with Gasteiger partial charge < -0.3 is 19.2 Å². The molecule has 3 aromatic rings. The Kier molecular flexibility index (Phi) is 6.38. The van der Waals surface area contributed by atoms with E-state index in [-0.39, 0.29) is 17.0 Å². The van der Waals surface area contributed by atoms with Crippen molar-refractivity contribution in [1.82, 2.24) is 24.8 Å². The second kappa shape index (κ2) is 8.78. The van der Waals surface area contributed by atoms with Crippen molar-refractivity contribution >= 4 is 0 Å². The van der Waals surface area contributed by atoms with E-state index in [0.717, 1.165) is 0 Å². The number of imidazole rings is 1. The minimum atomic E-state index is -1.22. The van der Waals surface area contributed by atoms with Gasteiger partial charge in [0.15, 0.2) is 23.7 Å². The third-order valence-corrected chi connectivity index (χ3v) is 4.62. The lowest BCUT2D eigenvalue weighted by Gasteiger charge is -2.13. The van der Waals surface area contributed by atoms with Crippen molar-refractivity contribution in [2.75, 3.05) is 20.8 Å². The number of rotatable bonds is 8. The third kappa shape index (κ3) is 4.06. The average molecular weight is 407 g/mol. The monoisotopic (exact) mass is 407 g/mol. The van der Waals surface area contributed by atoms with E-state index in [9.17, 15) is 13.9 Å². The average Bonchev–Trinajstić information content (AvgIpc) is 3.25. The number of methoxy groups -OCH3 is 1. The smallest absolute Gasteiger partial charge is 0.185 e. The van der Waals surface area contributed by atoms with E-state index in [1.54, 1.807) is 32.0 Å². The first-order valence-electron chi connectivity index (χ1n) is 8.89. The van der Waals surface area contributed by atoms with Gasteiger partial charge in [0.1, 0.15) is 0 Å². The van der Waals surface area contributed by atoms with Crippen LogP contribution in [-0.4, -0.2) is 45.3 Å². The molecule has 0 saturated heterocycles. The van der Waals surface area contributed by atoms with Gasteiger partial charge >= 0.3 is 0 Å². The van der Waals surface area contributed by atoms with Gasteiger partial charge in [-0.2, -0.15) is 10.6 Å². The SMILES string of the molecule is COCCn1cc(-c2ccc(-c3cnc(C(O)NOC)n3C)c(F)c2F)c(C)n1. The van der Waals surface area contributed by atoms with Gasteiger partial charge in [0, 0.05) is 37.0 Å². The van der Waals surface area contributed by atoms with E-state index < -0.39 is 17.9 Å². The van der Waals surface area contributed by atoms with Gasteiger partial charge in [-0.15, -0.1) is 0 Å². The van der Waals surface area contributed by atoms with Crippen molar-refractivity contribution in [2.24, 2.45) is 7.05 Å². The summed E-state index contributed by atoms with van der Waals surface area (Å²) in [5, 5.41) is 14.3. The minimum absolute atomic E-state index is 0.0292. The number of halogens is 2. The highest BCUT2D eigenvalue weighted by Crippen LogP contribution is 2.33. The Balaban J connectivity index is 1.98. The van der Waals surface area contributed by atoms with Crippen molar-refractivity contribution in [1.29, 1.82) is 0 Å². The molecule has 0 saturated carbocycles. The quantitative estimate of drug-likeness (QED) is 0.440. The van der Waals surface area contributed by atoms with E-state index >= 15 is 0 Å². The van der Waals surface area contributed by atoms with Crippen LogP contribution in [0.2, 0.25) is 0 Å².